The quantitative estimate of drug-likeness (QED) is 0.609. The molecule has 0 fully saturated rings. The van der Waals surface area contributed by atoms with Gasteiger partial charge in [0.1, 0.15) is 11.9 Å². The molecule has 94 valence electrons. The van der Waals surface area contributed by atoms with Crippen LogP contribution in [0.4, 0.5) is 0 Å². The van der Waals surface area contributed by atoms with Gasteiger partial charge in [-0.15, -0.1) is 0 Å². The molecule has 6 heteroatoms. The van der Waals surface area contributed by atoms with E-state index in [0.29, 0.717) is 6.04 Å². The number of nitrogens with one attached hydrogen (secondary N) is 1. The number of hydrogen-bond acceptors (Lipinski definition) is 6. The zero-order chi connectivity index (χ0) is 12.7. The fourth-order valence-corrected chi connectivity index (χ4v) is 3.06. The minimum Gasteiger partial charge on any atom is -0.297 e. The van der Waals surface area contributed by atoms with Crippen molar-refractivity contribution in [2.45, 2.75) is 49.5 Å². The zero-order valence-corrected chi connectivity index (χ0v) is 12.1. The Kier molecular flexibility index (Phi) is 5.89. The van der Waals surface area contributed by atoms with E-state index < -0.39 is 5.54 Å². The van der Waals surface area contributed by atoms with Crippen molar-refractivity contribution in [3.05, 3.63) is 6.33 Å². The third-order valence-electron chi connectivity index (χ3n) is 2.24. The van der Waals surface area contributed by atoms with Gasteiger partial charge in [-0.2, -0.15) is 9.64 Å². The molecule has 0 spiro atoms. The molecule has 1 unspecified atom stereocenters. The first-order chi connectivity index (χ1) is 8.06. The van der Waals surface area contributed by atoms with E-state index in [-0.39, 0.29) is 0 Å². The highest BCUT2D eigenvalue weighted by molar-refractivity contribution is 8.00. The average molecular weight is 270 g/mol. The topological polar surface area (TPSA) is 61.6 Å². The van der Waals surface area contributed by atoms with Gasteiger partial charge < -0.3 is 0 Å². The Balaban J connectivity index is 2.26. The minimum absolute atomic E-state index is 0.329. The molecule has 17 heavy (non-hydrogen) atoms. The van der Waals surface area contributed by atoms with E-state index in [0.717, 1.165) is 22.9 Å². The van der Waals surface area contributed by atoms with Crippen molar-refractivity contribution in [3.8, 4) is 6.07 Å². The number of nitrogens with zero attached hydrogens (tertiary/aromatic N) is 3. The lowest BCUT2D eigenvalue weighted by atomic mass is 9.97. The summed E-state index contributed by atoms with van der Waals surface area (Å²) in [5.74, 6) is 0.978. The molecule has 0 bridgehead atoms. The monoisotopic (exact) mass is 270 g/mol. The van der Waals surface area contributed by atoms with E-state index in [1.54, 1.807) is 18.1 Å². The van der Waals surface area contributed by atoms with Crippen molar-refractivity contribution < 1.29 is 0 Å². The van der Waals surface area contributed by atoms with Crippen molar-refractivity contribution in [1.29, 1.82) is 5.26 Å². The first kappa shape index (κ1) is 14.4. The lowest BCUT2D eigenvalue weighted by Gasteiger charge is -2.25. The number of thioether (sulfide) groups is 1. The minimum atomic E-state index is -0.421. The number of rotatable bonds is 7. The summed E-state index contributed by atoms with van der Waals surface area (Å²) < 4.78 is 4.95. The molecule has 0 aliphatic heterocycles. The van der Waals surface area contributed by atoms with Gasteiger partial charge in [-0.1, -0.05) is 11.8 Å². The number of nitriles is 1. The Morgan fingerprint density at radius 3 is 2.94 bits per heavy atom. The smallest absolute Gasteiger partial charge is 0.169 e. The lowest BCUT2D eigenvalue weighted by Crippen LogP contribution is -2.44. The van der Waals surface area contributed by atoms with Crippen LogP contribution in [0.15, 0.2) is 10.7 Å². The summed E-state index contributed by atoms with van der Waals surface area (Å²) >= 11 is 3.12. The molecule has 1 rings (SSSR count). The molecule has 0 saturated heterocycles. The molecule has 0 amide bonds. The van der Waals surface area contributed by atoms with Gasteiger partial charge in [-0.3, -0.25) is 5.32 Å². The highest BCUT2D eigenvalue weighted by Crippen LogP contribution is 2.21. The van der Waals surface area contributed by atoms with Crippen LogP contribution >= 0.6 is 23.3 Å². The van der Waals surface area contributed by atoms with Crippen LogP contribution in [0.25, 0.3) is 0 Å². The van der Waals surface area contributed by atoms with Crippen molar-refractivity contribution in [2.24, 2.45) is 0 Å². The molecular formula is C11H18N4S2. The van der Waals surface area contributed by atoms with Crippen LogP contribution in [0.3, 0.4) is 0 Å². The highest BCUT2D eigenvalue weighted by Gasteiger charge is 2.23. The molecule has 1 aromatic heterocycles. The van der Waals surface area contributed by atoms with Gasteiger partial charge in [-0.25, -0.2) is 4.98 Å². The van der Waals surface area contributed by atoms with Crippen LogP contribution in [0.5, 0.6) is 0 Å². The molecule has 1 heterocycles. The molecule has 4 nitrogen and oxygen atoms in total. The normalized spacial score (nSPS) is 14.5. The summed E-state index contributed by atoms with van der Waals surface area (Å²) in [6.45, 7) is 6.08. The molecular weight excluding hydrogens is 252 g/mol. The van der Waals surface area contributed by atoms with Gasteiger partial charge in [0.15, 0.2) is 4.34 Å². The summed E-state index contributed by atoms with van der Waals surface area (Å²) in [7, 11) is 0. The highest BCUT2D eigenvalue weighted by atomic mass is 32.2. The van der Waals surface area contributed by atoms with Crippen LogP contribution < -0.4 is 5.32 Å². The van der Waals surface area contributed by atoms with Crippen LogP contribution in [-0.4, -0.2) is 26.7 Å². The van der Waals surface area contributed by atoms with Crippen LogP contribution in [0.2, 0.25) is 0 Å². The zero-order valence-electron chi connectivity index (χ0n) is 10.4. The second-order valence-corrected chi connectivity index (χ2v) is 6.52. The maximum atomic E-state index is 9.18. The van der Waals surface area contributed by atoms with E-state index in [2.05, 4.69) is 34.6 Å². The van der Waals surface area contributed by atoms with E-state index in [1.165, 1.54) is 11.5 Å². The summed E-state index contributed by atoms with van der Waals surface area (Å²) in [5, 5.41) is 12.5. The second kappa shape index (κ2) is 6.94. The van der Waals surface area contributed by atoms with Gasteiger partial charge in [0.05, 0.1) is 6.07 Å². The van der Waals surface area contributed by atoms with Crippen molar-refractivity contribution in [3.63, 3.8) is 0 Å². The lowest BCUT2D eigenvalue weighted by molar-refractivity contribution is 0.380. The standard InChI is InChI=1S/C11H18N4S2/c1-9(2)15-11(3,7-12)5-4-6-16-10-13-8-14-17-10/h8-9,15H,4-6H2,1-3H3. The van der Waals surface area contributed by atoms with Crippen LogP contribution in [0, 0.1) is 11.3 Å². The van der Waals surface area contributed by atoms with Crippen molar-refractivity contribution in [2.75, 3.05) is 5.75 Å². The van der Waals surface area contributed by atoms with Gasteiger partial charge in [0, 0.05) is 11.8 Å². The molecule has 1 N–H and O–H groups in total. The maximum absolute atomic E-state index is 9.18. The predicted molar refractivity (Wildman–Crippen MR) is 72.2 cm³/mol. The van der Waals surface area contributed by atoms with Crippen molar-refractivity contribution in [1.82, 2.24) is 14.7 Å². The van der Waals surface area contributed by atoms with Crippen LogP contribution in [-0.2, 0) is 0 Å². The molecule has 0 saturated carbocycles. The first-order valence-electron chi connectivity index (χ1n) is 5.64. The predicted octanol–water partition coefficient (Wildman–Crippen LogP) is 2.69. The number of hydrogen-bond donors (Lipinski definition) is 1. The Hall–Kier alpha value is -0.640. The van der Waals surface area contributed by atoms with Gasteiger partial charge in [0.2, 0.25) is 0 Å². The average Bonchev–Trinajstić information content (AvgIpc) is 2.76. The fraction of sp³-hybridized carbons (Fsp3) is 0.727. The molecule has 1 aromatic rings. The summed E-state index contributed by atoms with van der Waals surface area (Å²) in [4.78, 5) is 4.11. The van der Waals surface area contributed by atoms with Gasteiger partial charge in [-0.05, 0) is 45.1 Å². The van der Waals surface area contributed by atoms with Gasteiger partial charge >= 0.3 is 0 Å². The SMILES string of the molecule is CC(C)NC(C)(C#N)CCCSc1ncns1. The molecule has 0 radical (unpaired) electrons. The Labute approximate surface area is 111 Å². The van der Waals surface area contributed by atoms with Crippen LogP contribution in [0.1, 0.15) is 33.6 Å². The Bertz CT molecular complexity index is 358. The summed E-state index contributed by atoms with van der Waals surface area (Å²) in [6, 6.07) is 2.69. The van der Waals surface area contributed by atoms with E-state index >= 15 is 0 Å². The molecule has 0 aliphatic carbocycles. The largest absolute Gasteiger partial charge is 0.297 e. The van der Waals surface area contributed by atoms with E-state index in [1.807, 2.05) is 6.92 Å². The first-order valence-corrected chi connectivity index (χ1v) is 7.40. The van der Waals surface area contributed by atoms with E-state index in [4.69, 9.17) is 0 Å². The second-order valence-electron chi connectivity index (χ2n) is 4.40. The summed E-state index contributed by atoms with van der Waals surface area (Å²) in [5.41, 5.74) is -0.421. The third kappa shape index (κ3) is 5.48. The Morgan fingerprint density at radius 2 is 2.41 bits per heavy atom. The molecule has 1 atom stereocenters. The Morgan fingerprint density at radius 1 is 1.65 bits per heavy atom. The maximum Gasteiger partial charge on any atom is 0.169 e. The third-order valence-corrected chi connectivity index (χ3v) is 4.13. The summed E-state index contributed by atoms with van der Waals surface area (Å²) in [6.07, 6.45) is 3.42. The van der Waals surface area contributed by atoms with Gasteiger partial charge in [0.25, 0.3) is 0 Å². The number of aromatic nitrogens is 2. The van der Waals surface area contributed by atoms with E-state index in [9.17, 15) is 5.26 Å². The fourth-order valence-electron chi connectivity index (χ4n) is 1.61. The van der Waals surface area contributed by atoms with Crippen molar-refractivity contribution >= 4 is 23.3 Å². The molecule has 0 aromatic carbocycles. The molecule has 0 aliphatic rings.